The van der Waals surface area contributed by atoms with Crippen molar-refractivity contribution in [3.8, 4) is 0 Å². The molecule has 3 aliphatic rings. The molecule has 3 heteroatoms. The van der Waals surface area contributed by atoms with E-state index in [0.717, 1.165) is 13.2 Å². The van der Waals surface area contributed by atoms with E-state index in [2.05, 4.69) is 12.0 Å². The molecule has 79 valence electrons. The van der Waals surface area contributed by atoms with Gasteiger partial charge >= 0.3 is 0 Å². The number of hydrogen-bond donors (Lipinski definition) is 0. The second-order valence-electron chi connectivity index (χ2n) is 4.68. The second kappa shape index (κ2) is 3.19. The molecule has 3 unspecified atom stereocenters. The van der Waals surface area contributed by atoms with Gasteiger partial charge in [0.1, 0.15) is 0 Å². The van der Waals surface area contributed by atoms with Crippen LogP contribution in [0, 0.1) is 11.6 Å². The number of fused-ring (bicyclic) bond motifs is 1. The number of epoxide rings is 1. The van der Waals surface area contributed by atoms with Crippen molar-refractivity contribution in [2.45, 2.75) is 45.1 Å². The summed E-state index contributed by atoms with van der Waals surface area (Å²) < 4.78 is 5.53. The van der Waals surface area contributed by atoms with Gasteiger partial charge in [-0.05, 0) is 19.3 Å². The largest absolute Gasteiger partial charge is 0.372 e. The minimum atomic E-state index is 0.255. The highest BCUT2D eigenvalue weighted by atomic mass is 16.8. The highest BCUT2D eigenvalue weighted by molar-refractivity contribution is 5.12. The van der Waals surface area contributed by atoms with E-state index in [-0.39, 0.29) is 5.41 Å². The summed E-state index contributed by atoms with van der Waals surface area (Å²) in [4.78, 5) is 5.60. The third-order valence-corrected chi connectivity index (χ3v) is 3.70. The molecular weight excluding hydrogens is 178 g/mol. The molecule has 3 atom stereocenters. The molecular formula is C11H18NO2. The van der Waals surface area contributed by atoms with Gasteiger partial charge in [0.2, 0.25) is 6.23 Å². The van der Waals surface area contributed by atoms with Crippen LogP contribution in [0.3, 0.4) is 0 Å². The van der Waals surface area contributed by atoms with Gasteiger partial charge in [0, 0.05) is 6.54 Å². The summed E-state index contributed by atoms with van der Waals surface area (Å²) in [5, 5.41) is 2.09. The lowest BCUT2D eigenvalue weighted by molar-refractivity contribution is 0.144. The van der Waals surface area contributed by atoms with Crippen LogP contribution in [-0.2, 0) is 9.57 Å². The van der Waals surface area contributed by atoms with Crippen LogP contribution in [0.5, 0.6) is 0 Å². The van der Waals surface area contributed by atoms with Crippen molar-refractivity contribution in [1.82, 2.24) is 5.06 Å². The molecule has 0 saturated carbocycles. The fraction of sp³-hybridized carbons (Fsp3) is 0.909. The summed E-state index contributed by atoms with van der Waals surface area (Å²) >= 11 is 0. The number of hydrogen-bond acceptors (Lipinski definition) is 3. The first-order valence-corrected chi connectivity index (χ1v) is 5.81. The summed E-state index contributed by atoms with van der Waals surface area (Å²) in [5.74, 6) is 0. The summed E-state index contributed by atoms with van der Waals surface area (Å²) in [6.45, 7) is 4.29. The molecule has 14 heavy (non-hydrogen) atoms. The zero-order valence-electron chi connectivity index (χ0n) is 8.79. The fourth-order valence-corrected chi connectivity index (χ4v) is 2.88. The van der Waals surface area contributed by atoms with Crippen molar-refractivity contribution in [2.75, 3.05) is 13.2 Å². The van der Waals surface area contributed by atoms with Crippen LogP contribution < -0.4 is 0 Å². The number of hydroxylamine groups is 2. The topological polar surface area (TPSA) is 28.1 Å². The molecule has 0 N–H and O–H groups in total. The summed E-state index contributed by atoms with van der Waals surface area (Å²) in [7, 11) is 0. The Bertz CT molecular complexity index is 229. The summed E-state index contributed by atoms with van der Waals surface area (Å²) in [6.07, 6.45) is 7.99. The van der Waals surface area contributed by atoms with Crippen LogP contribution >= 0.6 is 0 Å². The van der Waals surface area contributed by atoms with E-state index in [4.69, 9.17) is 9.57 Å². The van der Waals surface area contributed by atoms with E-state index in [1.807, 2.05) is 0 Å². The minimum absolute atomic E-state index is 0.255. The van der Waals surface area contributed by atoms with Gasteiger partial charge in [-0.1, -0.05) is 19.8 Å². The molecule has 0 bridgehead atoms. The molecule has 1 radical (unpaired) electrons. The van der Waals surface area contributed by atoms with Gasteiger partial charge in [0.25, 0.3) is 0 Å². The molecule has 3 fully saturated rings. The quantitative estimate of drug-likeness (QED) is 0.647. The Hall–Kier alpha value is -0.120. The number of rotatable bonds is 3. The molecule has 3 aliphatic heterocycles. The Balaban J connectivity index is 1.80. The highest BCUT2D eigenvalue weighted by Crippen LogP contribution is 2.58. The van der Waals surface area contributed by atoms with Crippen molar-refractivity contribution < 1.29 is 9.57 Å². The van der Waals surface area contributed by atoms with Crippen molar-refractivity contribution in [3.05, 3.63) is 6.23 Å². The lowest BCUT2D eigenvalue weighted by Gasteiger charge is -2.27. The second-order valence-corrected chi connectivity index (χ2v) is 4.68. The zero-order valence-corrected chi connectivity index (χ0v) is 8.79. The first-order valence-electron chi connectivity index (χ1n) is 5.81. The maximum atomic E-state index is 5.60. The predicted octanol–water partition coefficient (Wildman–Crippen LogP) is 2.09. The van der Waals surface area contributed by atoms with Gasteiger partial charge in [-0.25, -0.2) is 0 Å². The monoisotopic (exact) mass is 196 g/mol. The van der Waals surface area contributed by atoms with E-state index < -0.39 is 0 Å². The van der Waals surface area contributed by atoms with Crippen LogP contribution in [0.15, 0.2) is 0 Å². The Labute approximate surface area is 85.3 Å². The van der Waals surface area contributed by atoms with Crippen molar-refractivity contribution in [1.29, 1.82) is 0 Å². The first-order chi connectivity index (χ1) is 6.87. The Morgan fingerprint density at radius 3 is 3.07 bits per heavy atom. The molecule has 3 rings (SSSR count). The van der Waals surface area contributed by atoms with E-state index in [9.17, 15) is 0 Å². The van der Waals surface area contributed by atoms with Crippen molar-refractivity contribution in [2.24, 2.45) is 5.41 Å². The zero-order chi connectivity index (χ0) is 9.60. The van der Waals surface area contributed by atoms with Gasteiger partial charge < -0.3 is 4.74 Å². The maximum absolute atomic E-state index is 5.60. The average molecular weight is 196 g/mol. The van der Waals surface area contributed by atoms with E-state index in [0.29, 0.717) is 6.10 Å². The molecule has 0 aromatic carbocycles. The fourth-order valence-electron chi connectivity index (χ4n) is 2.88. The van der Waals surface area contributed by atoms with Crippen LogP contribution in [0.4, 0.5) is 0 Å². The lowest BCUT2D eigenvalue weighted by Crippen LogP contribution is -2.30. The smallest absolute Gasteiger partial charge is 0.219 e. The van der Waals surface area contributed by atoms with E-state index in [1.165, 1.54) is 38.3 Å². The normalized spacial score (nSPS) is 46.9. The molecule has 0 amide bonds. The maximum Gasteiger partial charge on any atom is 0.219 e. The van der Waals surface area contributed by atoms with Gasteiger partial charge in [0.05, 0.1) is 18.1 Å². The Kier molecular flexibility index (Phi) is 2.08. The van der Waals surface area contributed by atoms with Crippen LogP contribution in [0.1, 0.15) is 39.0 Å². The van der Waals surface area contributed by atoms with Gasteiger partial charge in [0.15, 0.2) is 0 Å². The van der Waals surface area contributed by atoms with Gasteiger partial charge in [-0.2, -0.15) is 0 Å². The number of ether oxygens (including phenoxy) is 1. The molecule has 0 aliphatic carbocycles. The standard InChI is InChI=1S/C11H18NO2/c1-2-5-11(9-8-13-9)6-3-4-7-12-10(11)14-12/h9H,2-8H2,1H3. The van der Waals surface area contributed by atoms with Gasteiger partial charge in [-0.3, -0.25) is 4.84 Å². The molecule has 0 aromatic heterocycles. The highest BCUT2D eigenvalue weighted by Gasteiger charge is 2.62. The molecule has 3 saturated heterocycles. The van der Waals surface area contributed by atoms with Crippen molar-refractivity contribution >= 4 is 0 Å². The summed E-state index contributed by atoms with van der Waals surface area (Å²) in [5.41, 5.74) is 0.255. The van der Waals surface area contributed by atoms with Crippen LogP contribution in [0.25, 0.3) is 0 Å². The lowest BCUT2D eigenvalue weighted by atomic mass is 9.75. The molecule has 0 spiro atoms. The Morgan fingerprint density at radius 1 is 1.50 bits per heavy atom. The molecule has 3 nitrogen and oxygen atoms in total. The average Bonchev–Trinajstić information content (AvgIpc) is 3.03. The third kappa shape index (κ3) is 1.30. The third-order valence-electron chi connectivity index (χ3n) is 3.70. The summed E-state index contributed by atoms with van der Waals surface area (Å²) in [6, 6.07) is 0. The predicted molar refractivity (Wildman–Crippen MR) is 52.0 cm³/mol. The Morgan fingerprint density at radius 2 is 2.36 bits per heavy atom. The minimum Gasteiger partial charge on any atom is -0.372 e. The number of nitrogens with zero attached hydrogens (tertiary/aromatic N) is 1. The van der Waals surface area contributed by atoms with E-state index in [1.54, 1.807) is 0 Å². The van der Waals surface area contributed by atoms with Gasteiger partial charge in [-0.15, -0.1) is 5.06 Å². The van der Waals surface area contributed by atoms with Crippen molar-refractivity contribution in [3.63, 3.8) is 0 Å². The molecule has 3 heterocycles. The SMILES string of the molecule is CCCC1(C2CO2)CCCCN2O[C]21. The van der Waals surface area contributed by atoms with E-state index >= 15 is 0 Å². The molecule has 0 aromatic rings. The first kappa shape index (κ1) is 9.13. The van der Waals surface area contributed by atoms with Crippen LogP contribution in [-0.4, -0.2) is 24.3 Å². The van der Waals surface area contributed by atoms with Crippen LogP contribution in [0.2, 0.25) is 0 Å².